The smallest absolute Gasteiger partial charge is 0.348 e. The zero-order chi connectivity index (χ0) is 10.3. The molecule has 0 radical (unpaired) electrons. The van der Waals surface area contributed by atoms with Crippen molar-refractivity contribution < 1.29 is 9.53 Å². The molecular formula is C9H7IO2S2. The normalized spacial score (nSPS) is 10.8. The summed E-state index contributed by atoms with van der Waals surface area (Å²) in [4.78, 5) is 13.2. The summed E-state index contributed by atoms with van der Waals surface area (Å²) in [5, 5.41) is 1.18. The Bertz CT molecular complexity index is 464. The van der Waals surface area contributed by atoms with Gasteiger partial charge in [-0.3, -0.25) is 0 Å². The van der Waals surface area contributed by atoms with Gasteiger partial charge in [0.05, 0.1) is 9.99 Å². The fourth-order valence-corrected chi connectivity index (χ4v) is 4.87. The van der Waals surface area contributed by atoms with Gasteiger partial charge in [-0.1, -0.05) is 0 Å². The summed E-state index contributed by atoms with van der Waals surface area (Å²) < 4.78 is 7.13. The fourth-order valence-electron chi connectivity index (χ4n) is 1.24. The van der Waals surface area contributed by atoms with Crippen LogP contribution in [0.5, 0.6) is 0 Å². The molecule has 2 aromatic rings. The van der Waals surface area contributed by atoms with Gasteiger partial charge in [-0.15, -0.1) is 22.7 Å². The predicted octanol–water partition coefficient (Wildman–Crippen LogP) is 3.66. The van der Waals surface area contributed by atoms with Gasteiger partial charge in [0.1, 0.15) is 4.88 Å². The molecule has 0 aliphatic carbocycles. The number of ether oxygens (including phenoxy) is 1. The Morgan fingerprint density at radius 1 is 1.50 bits per heavy atom. The van der Waals surface area contributed by atoms with E-state index in [1.165, 1.54) is 36.3 Å². The average Bonchev–Trinajstić information content (AvgIpc) is 2.69. The van der Waals surface area contributed by atoms with E-state index in [0.717, 1.165) is 0 Å². The van der Waals surface area contributed by atoms with Gasteiger partial charge in [0.2, 0.25) is 0 Å². The summed E-state index contributed by atoms with van der Waals surface area (Å²) >= 11 is 5.57. The predicted molar refractivity (Wildman–Crippen MR) is 68.5 cm³/mol. The number of carbonyl (C=O) groups is 1. The van der Waals surface area contributed by atoms with E-state index in [4.69, 9.17) is 0 Å². The van der Waals surface area contributed by atoms with Crippen molar-refractivity contribution in [1.29, 1.82) is 0 Å². The van der Waals surface area contributed by atoms with Gasteiger partial charge in [0, 0.05) is 15.0 Å². The third kappa shape index (κ3) is 1.57. The summed E-state index contributed by atoms with van der Waals surface area (Å²) in [5.74, 6) is -0.244. The van der Waals surface area contributed by atoms with Crippen LogP contribution in [0.4, 0.5) is 0 Å². The second-order valence-electron chi connectivity index (χ2n) is 2.78. The number of thiophene rings is 2. The molecule has 0 aromatic carbocycles. The molecule has 2 aromatic heterocycles. The summed E-state index contributed by atoms with van der Waals surface area (Å²) in [6.07, 6.45) is 0. The highest BCUT2D eigenvalue weighted by molar-refractivity contribution is 14.1. The average molecular weight is 338 g/mol. The van der Waals surface area contributed by atoms with Crippen LogP contribution in [0.25, 0.3) is 10.1 Å². The molecule has 0 spiro atoms. The van der Waals surface area contributed by atoms with Crippen LogP contribution in [0.15, 0.2) is 6.07 Å². The van der Waals surface area contributed by atoms with Crippen LogP contribution in [0.1, 0.15) is 14.5 Å². The molecule has 14 heavy (non-hydrogen) atoms. The second-order valence-corrected chi connectivity index (χ2v) is 6.86. The Morgan fingerprint density at radius 3 is 2.79 bits per heavy atom. The van der Waals surface area contributed by atoms with Crippen molar-refractivity contribution in [3.63, 3.8) is 0 Å². The molecule has 0 aliphatic rings. The maximum atomic E-state index is 11.3. The van der Waals surface area contributed by atoms with Crippen molar-refractivity contribution >= 4 is 61.3 Å². The quantitative estimate of drug-likeness (QED) is 0.586. The fraction of sp³-hybridized carbons (Fsp3) is 0.222. The topological polar surface area (TPSA) is 26.3 Å². The van der Waals surface area contributed by atoms with Crippen LogP contribution >= 0.6 is 45.3 Å². The summed E-state index contributed by atoms with van der Waals surface area (Å²) in [7, 11) is 1.41. The first-order valence-corrected chi connectivity index (χ1v) is 6.61. The lowest BCUT2D eigenvalue weighted by molar-refractivity contribution is 0.0606. The van der Waals surface area contributed by atoms with Gasteiger partial charge in [0.25, 0.3) is 0 Å². The third-order valence-corrected chi connectivity index (χ3v) is 5.41. The molecule has 0 N–H and O–H groups in total. The number of esters is 1. The lowest BCUT2D eigenvalue weighted by Gasteiger charge is -1.91. The monoisotopic (exact) mass is 338 g/mol. The lowest BCUT2D eigenvalue weighted by Crippen LogP contribution is -1.96. The maximum absolute atomic E-state index is 11.3. The molecular weight excluding hydrogens is 331 g/mol. The van der Waals surface area contributed by atoms with Gasteiger partial charge in [-0.25, -0.2) is 4.79 Å². The number of halogens is 1. The van der Waals surface area contributed by atoms with Crippen LogP contribution in [0, 0.1) is 9.81 Å². The number of hydrogen-bond acceptors (Lipinski definition) is 4. The highest BCUT2D eigenvalue weighted by Crippen LogP contribution is 2.37. The minimum absolute atomic E-state index is 0.244. The summed E-state index contributed by atoms with van der Waals surface area (Å²) in [6, 6.07) is 1.91. The van der Waals surface area contributed by atoms with Gasteiger partial charge in [0.15, 0.2) is 0 Å². The first kappa shape index (κ1) is 10.4. The molecule has 0 unspecified atom stereocenters. The molecule has 2 nitrogen and oxygen atoms in total. The number of fused-ring (bicyclic) bond motifs is 1. The zero-order valence-corrected chi connectivity index (χ0v) is 11.4. The number of methoxy groups -OCH3 is 1. The Kier molecular flexibility index (Phi) is 2.81. The first-order chi connectivity index (χ1) is 6.63. The van der Waals surface area contributed by atoms with Crippen molar-refractivity contribution in [2.45, 2.75) is 6.92 Å². The highest BCUT2D eigenvalue weighted by Gasteiger charge is 2.15. The van der Waals surface area contributed by atoms with E-state index < -0.39 is 0 Å². The van der Waals surface area contributed by atoms with Crippen LogP contribution < -0.4 is 0 Å². The minimum atomic E-state index is -0.244. The molecule has 0 saturated heterocycles. The van der Waals surface area contributed by atoms with Gasteiger partial charge >= 0.3 is 5.97 Å². The first-order valence-electron chi connectivity index (χ1n) is 3.90. The molecule has 0 bridgehead atoms. The Balaban J connectivity index is 2.63. The Morgan fingerprint density at radius 2 is 2.21 bits per heavy atom. The molecule has 0 atom stereocenters. The van der Waals surface area contributed by atoms with Gasteiger partial charge < -0.3 is 4.74 Å². The van der Waals surface area contributed by atoms with Crippen molar-refractivity contribution in [1.82, 2.24) is 0 Å². The largest absolute Gasteiger partial charge is 0.465 e. The van der Waals surface area contributed by atoms with Crippen molar-refractivity contribution in [3.05, 3.63) is 18.7 Å². The number of carbonyl (C=O) groups excluding carboxylic acids is 1. The SMILES string of the molecule is COC(=O)c1cc2c(I)sc(C)c2s1. The van der Waals surface area contributed by atoms with E-state index in [1.54, 1.807) is 11.3 Å². The molecule has 2 rings (SSSR count). The Hall–Kier alpha value is -0.140. The summed E-state index contributed by atoms with van der Waals surface area (Å²) in [5.41, 5.74) is 0. The van der Waals surface area contributed by atoms with Crippen LogP contribution in [0.3, 0.4) is 0 Å². The third-order valence-electron chi connectivity index (χ3n) is 1.89. The number of rotatable bonds is 1. The van der Waals surface area contributed by atoms with Crippen molar-refractivity contribution in [2.24, 2.45) is 0 Å². The molecule has 0 fully saturated rings. The minimum Gasteiger partial charge on any atom is -0.465 e. The van der Waals surface area contributed by atoms with Crippen LogP contribution in [0.2, 0.25) is 0 Å². The zero-order valence-electron chi connectivity index (χ0n) is 7.59. The summed E-state index contributed by atoms with van der Waals surface area (Å²) in [6.45, 7) is 2.08. The van der Waals surface area contributed by atoms with E-state index in [9.17, 15) is 4.79 Å². The highest BCUT2D eigenvalue weighted by atomic mass is 127. The number of aryl methyl sites for hydroxylation is 1. The molecule has 0 amide bonds. The molecule has 0 aliphatic heterocycles. The number of hydrogen-bond donors (Lipinski definition) is 0. The lowest BCUT2D eigenvalue weighted by atomic mass is 10.3. The van der Waals surface area contributed by atoms with Gasteiger partial charge in [-0.2, -0.15) is 0 Å². The van der Waals surface area contributed by atoms with Crippen LogP contribution in [-0.4, -0.2) is 13.1 Å². The van der Waals surface area contributed by atoms with Gasteiger partial charge in [-0.05, 0) is 35.6 Å². The van der Waals surface area contributed by atoms with E-state index >= 15 is 0 Å². The second kappa shape index (κ2) is 3.79. The molecule has 2 heterocycles. The van der Waals surface area contributed by atoms with Crippen molar-refractivity contribution in [3.8, 4) is 0 Å². The molecule has 74 valence electrons. The molecule has 0 saturated carbocycles. The maximum Gasteiger partial charge on any atom is 0.348 e. The van der Waals surface area contributed by atoms with Crippen molar-refractivity contribution in [2.75, 3.05) is 7.11 Å². The van der Waals surface area contributed by atoms with E-state index in [-0.39, 0.29) is 5.97 Å². The van der Waals surface area contributed by atoms with E-state index in [2.05, 4.69) is 34.3 Å². The Labute approximate surface area is 103 Å². The van der Waals surface area contributed by atoms with Crippen LogP contribution in [-0.2, 0) is 4.74 Å². The van der Waals surface area contributed by atoms with E-state index in [1.807, 2.05) is 6.07 Å². The van der Waals surface area contributed by atoms with E-state index in [0.29, 0.717) is 4.88 Å². The standard InChI is InChI=1S/C9H7IO2S2/c1-4-7-5(8(10)13-4)3-6(14-7)9(11)12-2/h3H,1-2H3. The molecule has 5 heteroatoms.